The molecule has 4 rings (SSSR count). The minimum absolute atomic E-state index is 0.0124. The second-order valence-corrected chi connectivity index (χ2v) is 8.50. The third-order valence-electron chi connectivity index (χ3n) is 5.81. The summed E-state index contributed by atoms with van der Waals surface area (Å²) >= 11 is 5.77. The molecule has 0 amide bonds. The third kappa shape index (κ3) is 4.00. The first kappa shape index (κ1) is 20.6. The number of furan rings is 1. The molecule has 0 aliphatic carbocycles. The highest BCUT2D eigenvalue weighted by Crippen LogP contribution is 2.40. The minimum atomic E-state index is 0.0124. The van der Waals surface area contributed by atoms with Crippen LogP contribution in [0.5, 0.6) is 0 Å². The summed E-state index contributed by atoms with van der Waals surface area (Å²) in [4.78, 5) is 9.14. The van der Waals surface area contributed by atoms with Crippen molar-refractivity contribution in [1.29, 1.82) is 0 Å². The Kier molecular flexibility index (Phi) is 5.92. The first-order valence-corrected chi connectivity index (χ1v) is 10.7. The summed E-state index contributed by atoms with van der Waals surface area (Å²) in [5.74, 6) is 0.953. The molecule has 1 aliphatic rings. The van der Waals surface area contributed by atoms with E-state index in [9.17, 15) is 0 Å². The van der Waals surface area contributed by atoms with E-state index in [1.54, 1.807) is 6.26 Å². The predicted molar refractivity (Wildman–Crippen MR) is 122 cm³/mol. The fourth-order valence-electron chi connectivity index (χ4n) is 4.22. The van der Waals surface area contributed by atoms with Crippen molar-refractivity contribution in [2.45, 2.75) is 32.5 Å². The fraction of sp³-hybridized carbons (Fsp3) is 0.391. The van der Waals surface area contributed by atoms with Crippen molar-refractivity contribution >= 4 is 17.3 Å². The Balaban J connectivity index is 1.74. The maximum atomic E-state index is 5.77. The maximum absolute atomic E-state index is 5.77. The minimum Gasteiger partial charge on any atom is -0.467 e. The van der Waals surface area contributed by atoms with Gasteiger partial charge in [-0.15, -0.1) is 0 Å². The summed E-state index contributed by atoms with van der Waals surface area (Å²) in [7, 11) is 4.18. The first-order chi connectivity index (χ1) is 14.5. The average molecular weight is 424 g/mol. The van der Waals surface area contributed by atoms with Crippen molar-refractivity contribution in [3.8, 4) is 0 Å². The molecule has 3 aromatic heterocycles. The summed E-state index contributed by atoms with van der Waals surface area (Å²) < 4.78 is 7.91. The van der Waals surface area contributed by atoms with Gasteiger partial charge in [-0.2, -0.15) is 0 Å². The normalized spacial score (nSPS) is 19.0. The van der Waals surface area contributed by atoms with E-state index in [1.165, 1.54) is 17.0 Å². The summed E-state index contributed by atoms with van der Waals surface area (Å²) in [6, 6.07) is 12.4. The van der Waals surface area contributed by atoms with Gasteiger partial charge >= 0.3 is 0 Å². The Morgan fingerprint density at radius 2 is 2.03 bits per heavy atom. The van der Waals surface area contributed by atoms with Crippen LogP contribution >= 0.6 is 12.2 Å². The second-order valence-electron chi connectivity index (χ2n) is 8.12. The molecule has 158 valence electrons. The van der Waals surface area contributed by atoms with Crippen molar-refractivity contribution < 1.29 is 4.42 Å². The van der Waals surface area contributed by atoms with Gasteiger partial charge < -0.3 is 24.1 Å². The molecule has 4 heterocycles. The van der Waals surface area contributed by atoms with Crippen molar-refractivity contribution in [3.05, 3.63) is 77.3 Å². The summed E-state index contributed by atoms with van der Waals surface area (Å²) in [6.45, 7) is 6.85. The summed E-state index contributed by atoms with van der Waals surface area (Å²) in [5.41, 5.74) is 4.73. The smallest absolute Gasteiger partial charge is 0.170 e. The van der Waals surface area contributed by atoms with Crippen LogP contribution < -0.4 is 5.32 Å². The number of nitrogens with one attached hydrogen (secondary N) is 1. The van der Waals surface area contributed by atoms with Gasteiger partial charge in [-0.05, 0) is 76.1 Å². The quantitative estimate of drug-likeness (QED) is 0.585. The molecule has 7 heteroatoms. The maximum Gasteiger partial charge on any atom is 0.170 e. The van der Waals surface area contributed by atoms with E-state index in [-0.39, 0.29) is 12.1 Å². The molecule has 1 fully saturated rings. The summed E-state index contributed by atoms with van der Waals surface area (Å²) in [5, 5.41) is 4.33. The van der Waals surface area contributed by atoms with Gasteiger partial charge in [0.1, 0.15) is 5.76 Å². The number of likely N-dealkylation sites (N-methyl/N-ethyl adjacent to an activating group) is 1. The van der Waals surface area contributed by atoms with Crippen molar-refractivity contribution in [2.24, 2.45) is 0 Å². The van der Waals surface area contributed by atoms with Gasteiger partial charge in [0.25, 0.3) is 0 Å². The van der Waals surface area contributed by atoms with Gasteiger partial charge in [0.15, 0.2) is 5.11 Å². The number of pyridine rings is 1. The Labute approximate surface area is 183 Å². The van der Waals surface area contributed by atoms with Crippen LogP contribution in [0.2, 0.25) is 0 Å². The number of thiocarbonyl (C=S) groups is 1. The molecule has 0 radical (unpaired) electrons. The van der Waals surface area contributed by atoms with Crippen LogP contribution in [-0.4, -0.2) is 51.6 Å². The average Bonchev–Trinajstić information content (AvgIpc) is 3.42. The lowest BCUT2D eigenvalue weighted by atomic mass is 9.97. The van der Waals surface area contributed by atoms with E-state index in [0.717, 1.165) is 36.2 Å². The van der Waals surface area contributed by atoms with Gasteiger partial charge in [-0.25, -0.2) is 0 Å². The third-order valence-corrected chi connectivity index (χ3v) is 6.16. The largest absolute Gasteiger partial charge is 0.467 e. The zero-order valence-electron chi connectivity index (χ0n) is 18.0. The van der Waals surface area contributed by atoms with Crippen molar-refractivity contribution in [1.82, 2.24) is 24.7 Å². The second kappa shape index (κ2) is 8.62. The molecule has 3 aromatic rings. The molecular weight excluding hydrogens is 394 g/mol. The van der Waals surface area contributed by atoms with E-state index in [4.69, 9.17) is 16.6 Å². The van der Waals surface area contributed by atoms with Crippen molar-refractivity contribution in [2.75, 3.05) is 27.2 Å². The van der Waals surface area contributed by atoms with E-state index >= 15 is 0 Å². The zero-order chi connectivity index (χ0) is 21.3. The Morgan fingerprint density at radius 1 is 1.20 bits per heavy atom. The summed E-state index contributed by atoms with van der Waals surface area (Å²) in [6.07, 6.45) is 3.57. The molecule has 6 nitrogen and oxygen atoms in total. The Morgan fingerprint density at radius 3 is 2.70 bits per heavy atom. The zero-order valence-corrected chi connectivity index (χ0v) is 18.8. The molecule has 0 spiro atoms. The predicted octanol–water partition coefficient (Wildman–Crippen LogP) is 3.68. The van der Waals surface area contributed by atoms with E-state index in [1.807, 2.05) is 30.5 Å². The van der Waals surface area contributed by atoms with Crippen LogP contribution in [0.15, 0.2) is 53.3 Å². The molecule has 30 heavy (non-hydrogen) atoms. The number of aromatic nitrogens is 2. The van der Waals surface area contributed by atoms with Crippen LogP contribution in [0.4, 0.5) is 0 Å². The molecule has 2 atom stereocenters. The highest BCUT2D eigenvalue weighted by Gasteiger charge is 2.41. The molecule has 0 bridgehead atoms. The van der Waals surface area contributed by atoms with Crippen LogP contribution in [0, 0.1) is 13.8 Å². The van der Waals surface area contributed by atoms with Crippen LogP contribution in [0.25, 0.3) is 0 Å². The fourth-order valence-corrected chi connectivity index (χ4v) is 4.55. The van der Waals surface area contributed by atoms with E-state index < -0.39 is 0 Å². The Hall–Kier alpha value is -2.64. The highest BCUT2D eigenvalue weighted by atomic mass is 32.1. The molecule has 0 aromatic carbocycles. The van der Waals surface area contributed by atoms with Gasteiger partial charge in [-0.1, -0.05) is 6.07 Å². The van der Waals surface area contributed by atoms with Crippen molar-refractivity contribution in [3.63, 3.8) is 0 Å². The standard InChI is InChI=1S/C23H29N5OS/c1-16-14-19(17(2)28(16)15-18-8-7-13-29-18)22-21(20-9-5-6-10-24-20)25-23(30)27(22)12-11-26(3)4/h5-10,13-14,21-22H,11-12,15H2,1-4H3,(H,25,30). The molecule has 1 saturated heterocycles. The first-order valence-electron chi connectivity index (χ1n) is 10.3. The number of nitrogens with zero attached hydrogens (tertiary/aromatic N) is 4. The Bertz CT molecular complexity index is 996. The van der Waals surface area contributed by atoms with Crippen LogP contribution in [0.1, 0.15) is 40.5 Å². The lowest BCUT2D eigenvalue weighted by molar-refractivity contribution is 0.277. The topological polar surface area (TPSA) is 49.5 Å². The van der Waals surface area contributed by atoms with E-state index in [2.05, 4.69) is 64.7 Å². The number of hydrogen-bond donors (Lipinski definition) is 1. The van der Waals surface area contributed by atoms with E-state index in [0.29, 0.717) is 0 Å². The SMILES string of the molecule is Cc1cc(C2C(c3ccccn3)NC(=S)N2CCN(C)C)c(C)n1Cc1ccco1. The molecule has 0 saturated carbocycles. The van der Waals surface area contributed by atoms with Gasteiger partial charge in [-0.3, -0.25) is 4.98 Å². The number of rotatable bonds is 7. The molecule has 1 N–H and O–H groups in total. The van der Waals surface area contributed by atoms with Crippen LogP contribution in [0.3, 0.4) is 0 Å². The molecule has 2 unspecified atom stereocenters. The van der Waals surface area contributed by atoms with Gasteiger partial charge in [0.05, 0.1) is 30.6 Å². The highest BCUT2D eigenvalue weighted by molar-refractivity contribution is 7.80. The number of hydrogen-bond acceptors (Lipinski definition) is 4. The molecule has 1 aliphatic heterocycles. The monoisotopic (exact) mass is 423 g/mol. The lowest BCUT2D eigenvalue weighted by Gasteiger charge is -2.29. The van der Waals surface area contributed by atoms with Gasteiger partial charge in [0, 0.05) is 30.7 Å². The van der Waals surface area contributed by atoms with Gasteiger partial charge in [0.2, 0.25) is 0 Å². The number of aryl methyl sites for hydroxylation is 1. The molecular formula is C23H29N5OS. The van der Waals surface area contributed by atoms with Crippen LogP contribution in [-0.2, 0) is 6.54 Å². The lowest BCUT2D eigenvalue weighted by Crippen LogP contribution is -2.35.